The molecule has 0 saturated carbocycles. The summed E-state index contributed by atoms with van der Waals surface area (Å²) in [5.41, 5.74) is 0.497. The van der Waals surface area contributed by atoms with Crippen LogP contribution in [0.3, 0.4) is 0 Å². The van der Waals surface area contributed by atoms with Crippen molar-refractivity contribution >= 4 is 35.2 Å². The lowest BCUT2D eigenvalue weighted by molar-refractivity contribution is 0.413. The summed E-state index contributed by atoms with van der Waals surface area (Å²) in [5, 5.41) is 17.8. The molecule has 3 nitrogen and oxygen atoms in total. The molecule has 0 saturated heterocycles. The molecule has 0 atom stereocenters. The van der Waals surface area contributed by atoms with E-state index in [4.69, 9.17) is 14.8 Å². The van der Waals surface area contributed by atoms with E-state index in [0.717, 1.165) is 3.57 Å². The molecule has 0 aliphatic carbocycles. The third-order valence-electron chi connectivity index (χ3n) is 1.49. The second-order valence-corrected chi connectivity index (χ2v) is 3.42. The van der Waals surface area contributed by atoms with Crippen LogP contribution in [0.1, 0.15) is 0 Å². The van der Waals surface area contributed by atoms with E-state index in [1.807, 2.05) is 22.6 Å². The first-order valence-corrected chi connectivity index (χ1v) is 4.42. The van der Waals surface area contributed by atoms with Gasteiger partial charge in [0.1, 0.15) is 5.75 Å². The molecule has 0 aliphatic heterocycles. The molecule has 0 bridgehead atoms. The highest BCUT2D eigenvalue weighted by Crippen LogP contribution is 2.12. The number of hydrogen-bond donors (Lipinski definition) is 2. The second-order valence-electron chi connectivity index (χ2n) is 2.26. The summed E-state index contributed by atoms with van der Waals surface area (Å²) in [5.74, 6) is 0.712. The highest BCUT2D eigenvalue weighted by molar-refractivity contribution is 14.1. The van der Waals surface area contributed by atoms with Crippen LogP contribution in [0.2, 0.25) is 0 Å². The topological polar surface area (TPSA) is 49.7 Å². The smallest absolute Gasteiger partial charge is 0.489 e. The van der Waals surface area contributed by atoms with E-state index in [0.29, 0.717) is 11.2 Å². The van der Waals surface area contributed by atoms with Gasteiger partial charge in [0.2, 0.25) is 0 Å². The fourth-order valence-electron chi connectivity index (χ4n) is 0.844. The van der Waals surface area contributed by atoms with Crippen LogP contribution in [0.15, 0.2) is 18.2 Å². The van der Waals surface area contributed by atoms with Gasteiger partial charge in [-0.3, -0.25) is 0 Å². The van der Waals surface area contributed by atoms with Gasteiger partial charge in [-0.25, -0.2) is 0 Å². The third-order valence-corrected chi connectivity index (χ3v) is 2.42. The third kappa shape index (κ3) is 2.12. The molecular weight excluding hydrogens is 270 g/mol. The van der Waals surface area contributed by atoms with Crippen molar-refractivity contribution in [2.75, 3.05) is 7.11 Å². The predicted octanol–water partition coefficient (Wildman–Crippen LogP) is -0.0204. The Morgan fingerprint density at radius 2 is 2.08 bits per heavy atom. The van der Waals surface area contributed by atoms with Crippen molar-refractivity contribution in [3.05, 3.63) is 21.8 Å². The summed E-state index contributed by atoms with van der Waals surface area (Å²) in [6.45, 7) is 0. The highest BCUT2D eigenvalue weighted by atomic mass is 127. The van der Waals surface area contributed by atoms with E-state index in [-0.39, 0.29) is 0 Å². The van der Waals surface area contributed by atoms with Gasteiger partial charge in [-0.05, 0) is 40.2 Å². The Hall–Kier alpha value is -0.265. The van der Waals surface area contributed by atoms with Crippen LogP contribution in [-0.4, -0.2) is 24.3 Å². The fourth-order valence-corrected chi connectivity index (χ4v) is 1.61. The van der Waals surface area contributed by atoms with Gasteiger partial charge >= 0.3 is 7.12 Å². The van der Waals surface area contributed by atoms with E-state index in [1.165, 1.54) is 0 Å². The Morgan fingerprint density at radius 3 is 2.50 bits per heavy atom. The van der Waals surface area contributed by atoms with Crippen LogP contribution in [0, 0.1) is 3.57 Å². The summed E-state index contributed by atoms with van der Waals surface area (Å²) in [6.07, 6.45) is 0. The molecule has 0 aliphatic rings. The van der Waals surface area contributed by atoms with Gasteiger partial charge in [-0.1, -0.05) is 6.07 Å². The molecule has 0 amide bonds. The SMILES string of the molecule is COc1ccc(B(O)O)c(I)c1. The van der Waals surface area contributed by atoms with Gasteiger partial charge in [-0.2, -0.15) is 0 Å². The maximum atomic E-state index is 8.88. The second kappa shape index (κ2) is 4.11. The van der Waals surface area contributed by atoms with Crippen LogP contribution in [0.5, 0.6) is 5.75 Å². The Morgan fingerprint density at radius 1 is 1.42 bits per heavy atom. The normalized spacial score (nSPS) is 9.67. The van der Waals surface area contributed by atoms with Crippen molar-refractivity contribution < 1.29 is 14.8 Å². The summed E-state index contributed by atoms with van der Waals surface area (Å²) in [4.78, 5) is 0. The molecule has 12 heavy (non-hydrogen) atoms. The molecule has 1 rings (SSSR count). The largest absolute Gasteiger partial charge is 0.497 e. The lowest BCUT2D eigenvalue weighted by Gasteiger charge is -2.04. The number of methoxy groups -OCH3 is 1. The predicted molar refractivity (Wildman–Crippen MR) is 55.5 cm³/mol. The average Bonchev–Trinajstić information content (AvgIpc) is 2.03. The summed E-state index contributed by atoms with van der Waals surface area (Å²) in [6, 6.07) is 5.07. The number of rotatable bonds is 2. The van der Waals surface area contributed by atoms with Crippen molar-refractivity contribution in [3.63, 3.8) is 0 Å². The highest BCUT2D eigenvalue weighted by Gasteiger charge is 2.14. The first kappa shape index (κ1) is 9.82. The molecule has 1 aromatic carbocycles. The van der Waals surface area contributed by atoms with E-state index >= 15 is 0 Å². The minimum Gasteiger partial charge on any atom is -0.497 e. The molecule has 2 N–H and O–H groups in total. The van der Waals surface area contributed by atoms with Gasteiger partial charge in [0.25, 0.3) is 0 Å². The Kier molecular flexibility index (Phi) is 3.36. The maximum Gasteiger partial charge on any atom is 0.489 e. The number of benzene rings is 1. The van der Waals surface area contributed by atoms with Crippen LogP contribution >= 0.6 is 22.6 Å². The maximum absolute atomic E-state index is 8.88. The zero-order valence-corrected chi connectivity index (χ0v) is 8.65. The number of halogens is 1. The molecule has 64 valence electrons. The van der Waals surface area contributed by atoms with Gasteiger partial charge in [-0.15, -0.1) is 0 Å². The molecule has 0 fully saturated rings. The Balaban J connectivity index is 3.03. The zero-order chi connectivity index (χ0) is 9.14. The summed E-state index contributed by atoms with van der Waals surface area (Å²) >= 11 is 2.02. The van der Waals surface area contributed by atoms with Crippen molar-refractivity contribution in [2.45, 2.75) is 0 Å². The minimum atomic E-state index is -1.41. The van der Waals surface area contributed by atoms with E-state index in [1.54, 1.807) is 25.3 Å². The quantitative estimate of drug-likeness (QED) is 0.590. The molecule has 0 heterocycles. The Bertz CT molecular complexity index is 277. The molecule has 0 spiro atoms. The molecule has 5 heteroatoms. The summed E-state index contributed by atoms with van der Waals surface area (Å²) in [7, 11) is 0.156. The van der Waals surface area contributed by atoms with Crippen molar-refractivity contribution in [1.29, 1.82) is 0 Å². The molecule has 0 radical (unpaired) electrons. The Labute approximate surface area is 84.7 Å². The summed E-state index contributed by atoms with van der Waals surface area (Å²) < 4.78 is 5.74. The molecule has 0 aromatic heterocycles. The lowest BCUT2D eigenvalue weighted by atomic mass is 9.80. The van der Waals surface area contributed by atoms with E-state index in [2.05, 4.69) is 0 Å². The van der Waals surface area contributed by atoms with Crippen molar-refractivity contribution in [2.24, 2.45) is 0 Å². The number of ether oxygens (including phenoxy) is 1. The first-order chi connectivity index (χ1) is 5.65. The minimum absolute atomic E-state index is 0.497. The van der Waals surface area contributed by atoms with Gasteiger partial charge < -0.3 is 14.8 Å². The van der Waals surface area contributed by atoms with E-state index in [9.17, 15) is 0 Å². The van der Waals surface area contributed by atoms with Crippen molar-refractivity contribution in [3.8, 4) is 5.75 Å². The number of hydrogen-bond acceptors (Lipinski definition) is 3. The van der Waals surface area contributed by atoms with Crippen molar-refractivity contribution in [1.82, 2.24) is 0 Å². The zero-order valence-electron chi connectivity index (χ0n) is 6.49. The molecule has 1 aromatic rings. The van der Waals surface area contributed by atoms with Crippen LogP contribution in [-0.2, 0) is 0 Å². The van der Waals surface area contributed by atoms with Gasteiger partial charge in [0.15, 0.2) is 0 Å². The van der Waals surface area contributed by atoms with Gasteiger partial charge in [0, 0.05) is 3.57 Å². The van der Waals surface area contributed by atoms with Crippen LogP contribution in [0.25, 0.3) is 0 Å². The first-order valence-electron chi connectivity index (χ1n) is 3.34. The van der Waals surface area contributed by atoms with E-state index < -0.39 is 7.12 Å². The fraction of sp³-hybridized carbons (Fsp3) is 0.143. The lowest BCUT2D eigenvalue weighted by Crippen LogP contribution is -2.32. The van der Waals surface area contributed by atoms with Crippen LogP contribution < -0.4 is 10.2 Å². The standard InChI is InChI=1S/C7H8BIO3/c1-12-5-2-3-6(8(10)11)7(9)4-5/h2-4,10-11H,1H3. The molecule has 0 unspecified atom stereocenters. The monoisotopic (exact) mass is 278 g/mol. The molecular formula is C7H8BIO3. The van der Waals surface area contributed by atoms with Crippen LogP contribution in [0.4, 0.5) is 0 Å². The average molecular weight is 278 g/mol. The van der Waals surface area contributed by atoms with Gasteiger partial charge in [0.05, 0.1) is 7.11 Å².